The maximum atomic E-state index is 14.0. The van der Waals surface area contributed by atoms with Gasteiger partial charge in [-0.25, -0.2) is 9.18 Å². The molecule has 0 spiro atoms. The van der Waals surface area contributed by atoms with Crippen LogP contribution in [-0.4, -0.2) is 17.7 Å². The van der Waals surface area contributed by atoms with Gasteiger partial charge in [0, 0.05) is 11.1 Å². The molecule has 0 aliphatic rings. The first-order valence-corrected chi connectivity index (χ1v) is 9.30. The Hall–Kier alpha value is -2.86. The summed E-state index contributed by atoms with van der Waals surface area (Å²) in [5, 5.41) is 0. The number of hydrogen-bond donors (Lipinski definition) is 0. The lowest BCUT2D eigenvalue weighted by Crippen LogP contribution is -2.24. The Balaban J connectivity index is 1.93. The summed E-state index contributed by atoms with van der Waals surface area (Å²) < 4.78 is 32.6. The van der Waals surface area contributed by atoms with E-state index in [4.69, 9.17) is 4.74 Å². The Morgan fingerprint density at radius 2 is 1.46 bits per heavy atom. The third-order valence-corrected chi connectivity index (χ3v) is 4.59. The zero-order valence-electron chi connectivity index (χ0n) is 14.9. The van der Waals surface area contributed by atoms with Crippen LogP contribution < -0.4 is 4.74 Å². The van der Waals surface area contributed by atoms with Gasteiger partial charge in [-0.15, -0.1) is 0 Å². The van der Waals surface area contributed by atoms with Gasteiger partial charge in [0.1, 0.15) is 6.04 Å². The largest absolute Gasteiger partial charge is 0.420 e. The van der Waals surface area contributed by atoms with Gasteiger partial charge in [0.05, 0.1) is 10.2 Å². The van der Waals surface area contributed by atoms with Gasteiger partial charge in [0.2, 0.25) is 5.82 Å². The van der Waals surface area contributed by atoms with E-state index in [1.54, 1.807) is 6.92 Å². The summed E-state index contributed by atoms with van der Waals surface area (Å²) in [6, 6.07) is 20.1. The van der Waals surface area contributed by atoms with Crippen LogP contribution in [0.25, 0.3) is 0 Å². The molecule has 3 aromatic carbocycles. The average molecular weight is 444 g/mol. The molecule has 1 atom stereocenters. The second-order valence-electron chi connectivity index (χ2n) is 5.98. The van der Waals surface area contributed by atoms with Crippen molar-refractivity contribution in [3.8, 4) is 5.75 Å². The summed E-state index contributed by atoms with van der Waals surface area (Å²) in [6.45, 7) is 1.54. The molecular formula is C22H16BrF2NO2. The van der Waals surface area contributed by atoms with E-state index in [2.05, 4.69) is 20.9 Å². The fourth-order valence-electron chi connectivity index (χ4n) is 2.54. The van der Waals surface area contributed by atoms with Crippen LogP contribution in [0.4, 0.5) is 8.78 Å². The molecule has 3 nitrogen and oxygen atoms in total. The predicted octanol–water partition coefficient (Wildman–Crippen LogP) is 5.56. The summed E-state index contributed by atoms with van der Waals surface area (Å²) in [7, 11) is 0. The number of benzene rings is 3. The van der Waals surface area contributed by atoms with E-state index >= 15 is 0 Å². The lowest BCUT2D eigenvalue weighted by Gasteiger charge is -2.13. The zero-order chi connectivity index (χ0) is 20.1. The first-order chi connectivity index (χ1) is 13.5. The van der Waals surface area contributed by atoms with Gasteiger partial charge < -0.3 is 4.74 Å². The van der Waals surface area contributed by atoms with Crippen molar-refractivity contribution in [1.82, 2.24) is 0 Å². The highest BCUT2D eigenvalue weighted by atomic mass is 79.9. The molecule has 28 heavy (non-hydrogen) atoms. The molecule has 0 radical (unpaired) electrons. The summed E-state index contributed by atoms with van der Waals surface area (Å²) in [6.07, 6.45) is 0. The van der Waals surface area contributed by atoms with E-state index < -0.39 is 29.4 Å². The SMILES string of the molecule is C[C@H](N=C(c1ccccc1)c1ccccc1)C(=O)Oc1c(Br)ccc(F)c1F. The maximum Gasteiger partial charge on any atom is 0.336 e. The molecule has 0 amide bonds. The lowest BCUT2D eigenvalue weighted by molar-refractivity contribution is -0.135. The number of halogens is 3. The third kappa shape index (κ3) is 4.51. The number of nitrogens with zero attached hydrogens (tertiary/aromatic N) is 1. The van der Waals surface area contributed by atoms with E-state index in [1.165, 1.54) is 6.07 Å². The Bertz CT molecular complexity index is 966. The van der Waals surface area contributed by atoms with E-state index in [0.717, 1.165) is 17.2 Å². The van der Waals surface area contributed by atoms with Crippen LogP contribution in [0.2, 0.25) is 0 Å². The summed E-state index contributed by atoms with van der Waals surface area (Å²) in [5.41, 5.74) is 2.25. The van der Waals surface area contributed by atoms with Crippen molar-refractivity contribution in [1.29, 1.82) is 0 Å². The van der Waals surface area contributed by atoms with Crippen molar-refractivity contribution in [3.05, 3.63) is 100 Å². The molecule has 0 fully saturated rings. The van der Waals surface area contributed by atoms with Gasteiger partial charge in [-0.2, -0.15) is 4.39 Å². The molecule has 0 saturated heterocycles. The van der Waals surface area contributed by atoms with Crippen molar-refractivity contribution in [2.45, 2.75) is 13.0 Å². The minimum absolute atomic E-state index is 0.141. The average Bonchev–Trinajstić information content (AvgIpc) is 2.73. The Morgan fingerprint density at radius 1 is 0.929 bits per heavy atom. The van der Waals surface area contributed by atoms with Gasteiger partial charge in [0.25, 0.3) is 0 Å². The highest BCUT2D eigenvalue weighted by Gasteiger charge is 2.22. The topological polar surface area (TPSA) is 38.7 Å². The summed E-state index contributed by atoms with van der Waals surface area (Å²) >= 11 is 3.06. The standard InChI is InChI=1S/C22H16BrF2NO2/c1-14(22(27)28-21-17(23)12-13-18(24)19(21)25)26-20(15-8-4-2-5-9-15)16-10-6-3-7-11-16/h2-14H,1H3/t14-/m0/s1. The molecule has 3 rings (SSSR count). The number of hydrogen-bond acceptors (Lipinski definition) is 3. The molecule has 6 heteroatoms. The minimum Gasteiger partial charge on any atom is -0.420 e. The monoisotopic (exact) mass is 443 g/mol. The van der Waals surface area contributed by atoms with Gasteiger partial charge in [-0.1, -0.05) is 60.7 Å². The number of esters is 1. The molecule has 0 bridgehead atoms. The first kappa shape index (κ1) is 19.9. The van der Waals surface area contributed by atoms with E-state index in [1.807, 2.05) is 60.7 Å². The highest BCUT2D eigenvalue weighted by Crippen LogP contribution is 2.30. The van der Waals surface area contributed by atoms with Gasteiger partial charge in [-0.05, 0) is 35.0 Å². The van der Waals surface area contributed by atoms with Crippen molar-refractivity contribution in [2.24, 2.45) is 4.99 Å². The summed E-state index contributed by atoms with van der Waals surface area (Å²) in [5.74, 6) is -3.62. The third-order valence-electron chi connectivity index (χ3n) is 3.96. The normalized spacial score (nSPS) is 11.6. The lowest BCUT2D eigenvalue weighted by atomic mass is 10.0. The molecule has 0 saturated carbocycles. The van der Waals surface area contributed by atoms with E-state index in [9.17, 15) is 13.6 Å². The fraction of sp³-hybridized carbons (Fsp3) is 0.0909. The quantitative estimate of drug-likeness (QED) is 0.224. The molecular weight excluding hydrogens is 428 g/mol. The van der Waals surface area contributed by atoms with Crippen molar-refractivity contribution < 1.29 is 18.3 Å². The second-order valence-corrected chi connectivity index (χ2v) is 6.83. The minimum atomic E-state index is -1.23. The van der Waals surface area contributed by atoms with Crippen LogP contribution in [0.3, 0.4) is 0 Å². The van der Waals surface area contributed by atoms with Gasteiger partial charge in [-0.3, -0.25) is 4.99 Å². The number of rotatable bonds is 5. The maximum absolute atomic E-state index is 14.0. The predicted molar refractivity (Wildman–Crippen MR) is 108 cm³/mol. The Labute approximate surface area is 169 Å². The zero-order valence-corrected chi connectivity index (χ0v) is 16.5. The fourth-order valence-corrected chi connectivity index (χ4v) is 2.93. The van der Waals surface area contributed by atoms with E-state index in [-0.39, 0.29) is 4.47 Å². The number of carbonyl (C=O) groups is 1. The number of carbonyl (C=O) groups excluding carboxylic acids is 1. The number of aliphatic imine (C=N–C) groups is 1. The van der Waals surface area contributed by atoms with Crippen molar-refractivity contribution in [3.63, 3.8) is 0 Å². The van der Waals surface area contributed by atoms with Gasteiger partial charge in [0.15, 0.2) is 11.6 Å². The van der Waals surface area contributed by atoms with Crippen molar-refractivity contribution >= 4 is 27.6 Å². The molecule has 0 aliphatic carbocycles. The molecule has 0 heterocycles. The number of ether oxygens (including phenoxy) is 1. The molecule has 0 aromatic heterocycles. The Morgan fingerprint density at radius 3 is 2.00 bits per heavy atom. The van der Waals surface area contributed by atoms with E-state index in [0.29, 0.717) is 5.71 Å². The van der Waals surface area contributed by atoms with Crippen LogP contribution in [0.15, 0.2) is 82.3 Å². The molecule has 0 unspecified atom stereocenters. The van der Waals surface area contributed by atoms with Crippen LogP contribution in [0.1, 0.15) is 18.1 Å². The molecule has 0 N–H and O–H groups in total. The highest BCUT2D eigenvalue weighted by molar-refractivity contribution is 9.10. The van der Waals surface area contributed by atoms with Crippen molar-refractivity contribution in [2.75, 3.05) is 0 Å². The van der Waals surface area contributed by atoms with Crippen LogP contribution in [0.5, 0.6) is 5.75 Å². The second kappa shape index (κ2) is 8.89. The van der Waals surface area contributed by atoms with Crippen LogP contribution in [0, 0.1) is 11.6 Å². The summed E-state index contributed by atoms with van der Waals surface area (Å²) in [4.78, 5) is 17.0. The van der Waals surface area contributed by atoms with Crippen LogP contribution >= 0.6 is 15.9 Å². The van der Waals surface area contributed by atoms with Gasteiger partial charge >= 0.3 is 5.97 Å². The molecule has 3 aromatic rings. The van der Waals surface area contributed by atoms with Crippen LogP contribution in [-0.2, 0) is 4.79 Å². The first-order valence-electron chi connectivity index (χ1n) is 8.51. The Kier molecular flexibility index (Phi) is 6.31. The molecule has 0 aliphatic heterocycles. The smallest absolute Gasteiger partial charge is 0.336 e. The molecule has 142 valence electrons.